The third kappa shape index (κ3) is 4.44. The number of sulfonamides is 1. The summed E-state index contributed by atoms with van der Waals surface area (Å²) in [5, 5.41) is 14.4. The number of hydrogen-bond donors (Lipinski definition) is 3. The molecule has 1 aliphatic rings. The maximum atomic E-state index is 12.2. The molecule has 1 unspecified atom stereocenters. The first-order valence-electron chi connectivity index (χ1n) is 7.70. The smallest absolute Gasteiger partial charge is 0.293 e. The average Bonchev–Trinajstić information content (AvgIpc) is 2.53. The number of nitrogens with one attached hydrogen (secondary N) is 2. The van der Waals surface area contributed by atoms with E-state index in [1.54, 1.807) is 18.7 Å². The van der Waals surface area contributed by atoms with Gasteiger partial charge in [0.15, 0.2) is 0 Å². The van der Waals surface area contributed by atoms with Crippen molar-refractivity contribution in [2.24, 2.45) is 5.73 Å². The van der Waals surface area contributed by atoms with Crippen LogP contribution in [-0.2, 0) is 14.8 Å². The first-order valence-corrected chi connectivity index (χ1v) is 9.18. The first kappa shape index (κ1) is 19.1. The van der Waals surface area contributed by atoms with Crippen molar-refractivity contribution in [1.82, 2.24) is 10.0 Å². The van der Waals surface area contributed by atoms with E-state index in [1.165, 1.54) is 12.1 Å². The quantitative estimate of drug-likeness (QED) is 0.453. The van der Waals surface area contributed by atoms with Crippen LogP contribution in [0.1, 0.15) is 13.8 Å². The fraction of sp³-hybridized carbons (Fsp3) is 0.500. The molecule has 138 valence electrons. The molecule has 1 saturated heterocycles. The van der Waals surface area contributed by atoms with Crippen molar-refractivity contribution in [2.45, 2.75) is 30.8 Å². The molecule has 1 aromatic carbocycles. The molecule has 11 heteroatoms. The Balaban J connectivity index is 2.40. The predicted molar refractivity (Wildman–Crippen MR) is 91.8 cm³/mol. The number of nitrogens with zero attached hydrogens (tertiary/aromatic N) is 2. The summed E-state index contributed by atoms with van der Waals surface area (Å²) in [4.78, 5) is 23.6. The summed E-state index contributed by atoms with van der Waals surface area (Å²) in [5.41, 5.74) is 5.20. The van der Waals surface area contributed by atoms with Crippen molar-refractivity contribution in [3.8, 4) is 0 Å². The van der Waals surface area contributed by atoms with Crippen molar-refractivity contribution in [2.75, 3.05) is 24.5 Å². The van der Waals surface area contributed by atoms with E-state index in [0.29, 0.717) is 13.1 Å². The van der Waals surface area contributed by atoms with E-state index >= 15 is 0 Å². The highest BCUT2D eigenvalue weighted by Crippen LogP contribution is 2.31. The molecule has 1 heterocycles. The number of rotatable bonds is 6. The van der Waals surface area contributed by atoms with Crippen molar-refractivity contribution < 1.29 is 18.1 Å². The van der Waals surface area contributed by atoms with E-state index in [9.17, 15) is 23.3 Å². The monoisotopic (exact) mass is 371 g/mol. The molecule has 1 amide bonds. The van der Waals surface area contributed by atoms with Crippen molar-refractivity contribution >= 4 is 27.3 Å². The lowest BCUT2D eigenvalue weighted by Gasteiger charge is -2.33. The zero-order valence-corrected chi connectivity index (χ0v) is 14.7. The molecular formula is C14H21N5O5S. The van der Waals surface area contributed by atoms with Crippen LogP contribution in [0.4, 0.5) is 11.4 Å². The second-order valence-corrected chi connectivity index (χ2v) is 7.75. The zero-order chi connectivity index (χ0) is 18.8. The first-order chi connectivity index (χ1) is 11.6. The summed E-state index contributed by atoms with van der Waals surface area (Å²) in [6.45, 7) is 4.35. The van der Waals surface area contributed by atoms with Crippen LogP contribution in [-0.4, -0.2) is 51.0 Å². The number of nitro benzene ring substituents is 1. The fourth-order valence-electron chi connectivity index (χ4n) is 2.62. The summed E-state index contributed by atoms with van der Waals surface area (Å²) < 4.78 is 26.8. The largest absolute Gasteiger partial charge is 0.368 e. The Hall–Kier alpha value is -2.24. The van der Waals surface area contributed by atoms with Gasteiger partial charge in [-0.25, -0.2) is 13.1 Å². The second-order valence-electron chi connectivity index (χ2n) is 6.04. The van der Waals surface area contributed by atoms with Crippen molar-refractivity contribution in [3.05, 3.63) is 28.3 Å². The van der Waals surface area contributed by atoms with Gasteiger partial charge in [-0.2, -0.15) is 0 Å². The molecule has 1 aromatic rings. The van der Waals surface area contributed by atoms with Crippen LogP contribution in [0, 0.1) is 10.1 Å². The van der Waals surface area contributed by atoms with Crippen molar-refractivity contribution in [3.63, 3.8) is 0 Å². The van der Waals surface area contributed by atoms with Crippen LogP contribution in [0.3, 0.4) is 0 Å². The third-order valence-electron chi connectivity index (χ3n) is 3.70. The summed E-state index contributed by atoms with van der Waals surface area (Å²) in [6, 6.07) is 2.76. The number of anilines is 1. The summed E-state index contributed by atoms with van der Waals surface area (Å²) in [5.74, 6) is -0.548. The molecule has 10 nitrogen and oxygen atoms in total. The van der Waals surface area contributed by atoms with Crippen LogP contribution < -0.4 is 20.7 Å². The van der Waals surface area contributed by atoms with E-state index in [-0.39, 0.29) is 28.9 Å². The van der Waals surface area contributed by atoms with E-state index in [2.05, 4.69) is 10.0 Å². The summed E-state index contributed by atoms with van der Waals surface area (Å²) in [6.07, 6.45) is 0. The number of primary amides is 1. The molecule has 0 aliphatic carbocycles. The maximum absolute atomic E-state index is 12.2. The number of carbonyl (C=O) groups excluding carboxylic acids is 1. The lowest BCUT2D eigenvalue weighted by atomic mass is 10.1. The van der Waals surface area contributed by atoms with Gasteiger partial charge in [0.25, 0.3) is 5.69 Å². The molecule has 1 atom stereocenters. The molecule has 0 radical (unpaired) electrons. The topological polar surface area (TPSA) is 148 Å². The minimum Gasteiger partial charge on any atom is -0.368 e. The Bertz CT molecular complexity index is 780. The van der Waals surface area contributed by atoms with Gasteiger partial charge in [0.05, 0.1) is 9.82 Å². The summed E-state index contributed by atoms with van der Waals surface area (Å²) in [7, 11) is -3.85. The fourth-order valence-corrected chi connectivity index (χ4v) is 3.89. The minimum atomic E-state index is -3.85. The van der Waals surface area contributed by atoms with Crippen LogP contribution in [0.25, 0.3) is 0 Å². The van der Waals surface area contributed by atoms with E-state index in [4.69, 9.17) is 5.73 Å². The molecule has 4 N–H and O–H groups in total. The van der Waals surface area contributed by atoms with Crippen molar-refractivity contribution in [1.29, 1.82) is 0 Å². The molecule has 0 bridgehead atoms. The number of hydrogen-bond acceptors (Lipinski definition) is 7. The third-order valence-corrected chi connectivity index (χ3v) is 5.36. The van der Waals surface area contributed by atoms with E-state index in [0.717, 1.165) is 6.07 Å². The van der Waals surface area contributed by atoms with Crippen LogP contribution >= 0.6 is 0 Å². The normalized spacial score (nSPS) is 18.4. The Morgan fingerprint density at radius 2 is 2.16 bits per heavy atom. The Morgan fingerprint density at radius 3 is 2.72 bits per heavy atom. The van der Waals surface area contributed by atoms with Gasteiger partial charge in [-0.1, -0.05) is 0 Å². The molecule has 25 heavy (non-hydrogen) atoms. The predicted octanol–water partition coefficient (Wildman–Crippen LogP) is -0.455. The Kier molecular flexibility index (Phi) is 5.60. The highest BCUT2D eigenvalue weighted by Gasteiger charge is 2.29. The molecule has 1 aliphatic heterocycles. The van der Waals surface area contributed by atoms with Gasteiger partial charge in [0.1, 0.15) is 11.7 Å². The second kappa shape index (κ2) is 7.33. The highest BCUT2D eigenvalue weighted by molar-refractivity contribution is 7.89. The SMILES string of the molecule is CC(C)NS(=O)(=O)c1ccc(N2CCNC(C(N)=O)C2)c([N+](=O)[O-])c1. The number of benzene rings is 1. The Morgan fingerprint density at radius 1 is 1.48 bits per heavy atom. The van der Waals surface area contributed by atoms with Gasteiger partial charge in [0.2, 0.25) is 15.9 Å². The van der Waals surface area contributed by atoms with Gasteiger partial charge in [0, 0.05) is 31.7 Å². The molecule has 0 aromatic heterocycles. The van der Waals surface area contributed by atoms with Gasteiger partial charge in [-0.3, -0.25) is 14.9 Å². The molecule has 2 rings (SSSR count). The lowest BCUT2D eigenvalue weighted by Crippen LogP contribution is -2.56. The van der Waals surface area contributed by atoms with Gasteiger partial charge in [-0.05, 0) is 26.0 Å². The van der Waals surface area contributed by atoms with E-state index in [1.807, 2.05) is 0 Å². The van der Waals surface area contributed by atoms with Gasteiger partial charge < -0.3 is 16.0 Å². The maximum Gasteiger partial charge on any atom is 0.293 e. The summed E-state index contributed by atoms with van der Waals surface area (Å²) >= 11 is 0. The standard InChI is InChI=1S/C14H21N5O5S/c1-9(2)17-25(23,24)10-3-4-12(13(7-10)19(21)22)18-6-5-16-11(8-18)14(15)20/h3-4,7,9,11,16-17H,5-6,8H2,1-2H3,(H2,15,20). The number of piperazine rings is 1. The van der Waals surface area contributed by atoms with Crippen LogP contribution in [0.5, 0.6) is 0 Å². The number of nitrogens with two attached hydrogens (primary N) is 1. The molecule has 0 spiro atoms. The van der Waals surface area contributed by atoms with E-state index < -0.39 is 26.9 Å². The van der Waals surface area contributed by atoms with Crippen LogP contribution in [0.2, 0.25) is 0 Å². The lowest BCUT2D eigenvalue weighted by molar-refractivity contribution is -0.384. The van der Waals surface area contributed by atoms with Crippen LogP contribution in [0.15, 0.2) is 23.1 Å². The minimum absolute atomic E-state index is 0.173. The number of nitro groups is 1. The van der Waals surface area contributed by atoms with Gasteiger partial charge >= 0.3 is 0 Å². The molecular weight excluding hydrogens is 350 g/mol. The molecule has 1 fully saturated rings. The highest BCUT2D eigenvalue weighted by atomic mass is 32.2. The molecule has 0 saturated carbocycles. The number of amides is 1. The number of carbonyl (C=O) groups is 1. The Labute approximate surface area is 145 Å². The van der Waals surface area contributed by atoms with Gasteiger partial charge in [-0.15, -0.1) is 0 Å². The average molecular weight is 371 g/mol. The zero-order valence-electron chi connectivity index (χ0n) is 13.9.